The van der Waals surface area contributed by atoms with Gasteiger partial charge in [0.1, 0.15) is 0 Å². The lowest BCUT2D eigenvalue weighted by Gasteiger charge is -2.20. The second-order valence-corrected chi connectivity index (χ2v) is 4.89. The minimum absolute atomic E-state index is 0.233. The molecule has 1 rings (SSSR count). The van der Waals surface area contributed by atoms with E-state index in [-0.39, 0.29) is 12.5 Å². The van der Waals surface area contributed by atoms with E-state index in [4.69, 9.17) is 11.6 Å². The molecule has 0 heterocycles. The van der Waals surface area contributed by atoms with Gasteiger partial charge in [0.2, 0.25) is 5.91 Å². The molecule has 0 aliphatic heterocycles. The molecule has 1 aromatic carbocycles. The molecule has 0 bridgehead atoms. The number of aliphatic hydroxyl groups is 1. The number of hydrogen-bond donors (Lipinski definition) is 2. The predicted octanol–water partition coefficient (Wildman–Crippen LogP) is 2.63. The van der Waals surface area contributed by atoms with Crippen molar-refractivity contribution in [3.8, 4) is 0 Å². The smallest absolute Gasteiger partial charge is 0.244 e. The Balaban J connectivity index is 2.50. The van der Waals surface area contributed by atoms with Gasteiger partial charge in [0.15, 0.2) is 0 Å². The molecule has 1 unspecified atom stereocenters. The fourth-order valence-electron chi connectivity index (χ4n) is 1.24. The van der Waals surface area contributed by atoms with Crippen LogP contribution in [0.4, 0.5) is 0 Å². The third kappa shape index (κ3) is 5.34. The van der Waals surface area contributed by atoms with Crippen LogP contribution in [0.15, 0.2) is 30.3 Å². The third-order valence-electron chi connectivity index (χ3n) is 2.68. The van der Waals surface area contributed by atoms with Gasteiger partial charge in [-0.05, 0) is 37.1 Å². The number of benzene rings is 1. The number of carbonyl (C=O) groups is 1. The van der Waals surface area contributed by atoms with Crippen LogP contribution in [-0.4, -0.2) is 23.2 Å². The average molecular weight is 268 g/mol. The Morgan fingerprint density at radius 2 is 2.28 bits per heavy atom. The van der Waals surface area contributed by atoms with Gasteiger partial charge < -0.3 is 10.4 Å². The first-order chi connectivity index (χ1) is 8.43. The maximum absolute atomic E-state index is 11.5. The van der Waals surface area contributed by atoms with Crippen LogP contribution in [0, 0.1) is 0 Å². The Morgan fingerprint density at radius 3 is 2.89 bits per heavy atom. The Hall–Kier alpha value is -1.32. The van der Waals surface area contributed by atoms with E-state index in [0.717, 1.165) is 5.56 Å². The molecule has 0 saturated carbocycles. The van der Waals surface area contributed by atoms with E-state index in [0.29, 0.717) is 11.4 Å². The number of carbonyl (C=O) groups excluding carboxylic acids is 1. The van der Waals surface area contributed by atoms with Crippen molar-refractivity contribution in [2.45, 2.75) is 25.9 Å². The molecule has 0 radical (unpaired) electrons. The van der Waals surface area contributed by atoms with E-state index in [1.807, 2.05) is 19.1 Å². The van der Waals surface area contributed by atoms with E-state index in [1.54, 1.807) is 25.1 Å². The summed E-state index contributed by atoms with van der Waals surface area (Å²) in [6.07, 6.45) is 3.70. The monoisotopic (exact) mass is 267 g/mol. The van der Waals surface area contributed by atoms with Crippen LogP contribution >= 0.6 is 11.6 Å². The summed E-state index contributed by atoms with van der Waals surface area (Å²) in [5.41, 5.74) is -0.000532. The van der Waals surface area contributed by atoms with Crippen molar-refractivity contribution < 1.29 is 9.90 Å². The summed E-state index contributed by atoms with van der Waals surface area (Å²) in [5, 5.41) is 13.0. The Bertz CT molecular complexity index is 441. The minimum atomic E-state index is -0.862. The zero-order chi connectivity index (χ0) is 13.6. The summed E-state index contributed by atoms with van der Waals surface area (Å²) in [7, 11) is 0. The van der Waals surface area contributed by atoms with Crippen molar-refractivity contribution in [1.82, 2.24) is 5.32 Å². The van der Waals surface area contributed by atoms with Crippen LogP contribution in [-0.2, 0) is 4.79 Å². The second kappa shape index (κ2) is 6.57. The first-order valence-corrected chi connectivity index (χ1v) is 6.24. The van der Waals surface area contributed by atoms with Gasteiger partial charge in [0, 0.05) is 17.6 Å². The maximum atomic E-state index is 11.5. The highest BCUT2D eigenvalue weighted by Gasteiger charge is 2.17. The molecular formula is C14H18ClNO2. The molecule has 0 aliphatic carbocycles. The second-order valence-electron chi connectivity index (χ2n) is 4.46. The van der Waals surface area contributed by atoms with Gasteiger partial charge in [-0.25, -0.2) is 0 Å². The van der Waals surface area contributed by atoms with Crippen LogP contribution in [0.25, 0.3) is 6.08 Å². The van der Waals surface area contributed by atoms with Gasteiger partial charge in [0.05, 0.1) is 5.60 Å². The third-order valence-corrected chi connectivity index (χ3v) is 2.92. The molecule has 0 aromatic heterocycles. The van der Waals surface area contributed by atoms with Crippen molar-refractivity contribution in [1.29, 1.82) is 0 Å². The molecule has 3 nitrogen and oxygen atoms in total. The van der Waals surface area contributed by atoms with Crippen LogP contribution in [0.5, 0.6) is 0 Å². The van der Waals surface area contributed by atoms with E-state index in [1.165, 1.54) is 6.08 Å². The predicted molar refractivity (Wildman–Crippen MR) is 74.4 cm³/mol. The van der Waals surface area contributed by atoms with Crippen LogP contribution in [0.3, 0.4) is 0 Å². The van der Waals surface area contributed by atoms with Gasteiger partial charge in [-0.15, -0.1) is 0 Å². The topological polar surface area (TPSA) is 49.3 Å². The molecule has 4 heteroatoms. The molecule has 0 fully saturated rings. The number of amides is 1. The summed E-state index contributed by atoms with van der Waals surface area (Å²) in [6.45, 7) is 3.80. The molecule has 1 aromatic rings. The summed E-state index contributed by atoms with van der Waals surface area (Å²) in [6, 6.07) is 7.23. The summed E-state index contributed by atoms with van der Waals surface area (Å²) in [4.78, 5) is 11.5. The number of hydrogen-bond acceptors (Lipinski definition) is 2. The van der Waals surface area contributed by atoms with Crippen molar-refractivity contribution in [3.05, 3.63) is 40.9 Å². The molecule has 18 heavy (non-hydrogen) atoms. The lowest BCUT2D eigenvalue weighted by atomic mass is 10.0. The van der Waals surface area contributed by atoms with Gasteiger partial charge >= 0.3 is 0 Å². The number of nitrogens with one attached hydrogen (secondary N) is 1. The normalized spacial score (nSPS) is 14.4. The fraction of sp³-hybridized carbons (Fsp3) is 0.357. The van der Waals surface area contributed by atoms with E-state index < -0.39 is 5.60 Å². The quantitative estimate of drug-likeness (QED) is 0.806. The highest BCUT2D eigenvalue weighted by atomic mass is 35.5. The number of halogens is 1. The number of rotatable bonds is 5. The molecule has 0 spiro atoms. The van der Waals surface area contributed by atoms with Gasteiger partial charge in [-0.1, -0.05) is 30.7 Å². The molecular weight excluding hydrogens is 250 g/mol. The fourth-order valence-corrected chi connectivity index (χ4v) is 1.44. The molecule has 98 valence electrons. The Morgan fingerprint density at radius 1 is 1.56 bits per heavy atom. The van der Waals surface area contributed by atoms with Crippen molar-refractivity contribution in [3.63, 3.8) is 0 Å². The first-order valence-electron chi connectivity index (χ1n) is 5.87. The minimum Gasteiger partial charge on any atom is -0.388 e. The lowest BCUT2D eigenvalue weighted by molar-refractivity contribution is -0.117. The zero-order valence-electron chi connectivity index (χ0n) is 10.6. The Kier molecular flexibility index (Phi) is 5.38. The largest absolute Gasteiger partial charge is 0.388 e. The summed E-state index contributed by atoms with van der Waals surface area (Å²) in [5.74, 6) is -0.233. The van der Waals surface area contributed by atoms with E-state index >= 15 is 0 Å². The first kappa shape index (κ1) is 14.7. The van der Waals surface area contributed by atoms with Gasteiger partial charge in [-0.2, -0.15) is 0 Å². The maximum Gasteiger partial charge on any atom is 0.244 e. The molecule has 1 atom stereocenters. The highest BCUT2D eigenvalue weighted by molar-refractivity contribution is 6.30. The van der Waals surface area contributed by atoms with Crippen molar-refractivity contribution in [2.24, 2.45) is 0 Å². The molecule has 2 N–H and O–H groups in total. The molecule has 0 saturated heterocycles. The standard InChI is InChI=1S/C14H18ClNO2/c1-3-14(2,18)10-16-13(17)8-7-11-5-4-6-12(15)9-11/h4-9,18H,3,10H2,1-2H3,(H,16,17). The van der Waals surface area contributed by atoms with E-state index in [2.05, 4.69) is 5.32 Å². The average Bonchev–Trinajstić information content (AvgIpc) is 2.34. The van der Waals surface area contributed by atoms with Crippen molar-refractivity contribution >= 4 is 23.6 Å². The Labute approximate surface area is 112 Å². The van der Waals surface area contributed by atoms with Crippen LogP contribution in [0.1, 0.15) is 25.8 Å². The van der Waals surface area contributed by atoms with Gasteiger partial charge in [0.25, 0.3) is 0 Å². The molecule has 0 aliphatic rings. The highest BCUT2D eigenvalue weighted by Crippen LogP contribution is 2.11. The SMILES string of the molecule is CCC(C)(O)CNC(=O)C=Cc1cccc(Cl)c1. The zero-order valence-corrected chi connectivity index (χ0v) is 11.4. The van der Waals surface area contributed by atoms with Crippen LogP contribution < -0.4 is 5.32 Å². The van der Waals surface area contributed by atoms with Crippen molar-refractivity contribution in [2.75, 3.05) is 6.54 Å². The molecule has 1 amide bonds. The summed E-state index contributed by atoms with van der Waals surface area (Å²) < 4.78 is 0. The van der Waals surface area contributed by atoms with Crippen LogP contribution in [0.2, 0.25) is 5.02 Å². The summed E-state index contributed by atoms with van der Waals surface area (Å²) >= 11 is 5.83. The lowest BCUT2D eigenvalue weighted by Crippen LogP contribution is -2.39. The van der Waals surface area contributed by atoms with Gasteiger partial charge in [-0.3, -0.25) is 4.79 Å². The van der Waals surface area contributed by atoms with E-state index in [9.17, 15) is 9.90 Å².